The maximum absolute atomic E-state index is 10.8. The van der Waals surface area contributed by atoms with Crippen molar-refractivity contribution >= 4 is 32.8 Å². The van der Waals surface area contributed by atoms with Gasteiger partial charge in [-0.3, -0.25) is 4.57 Å². The standard InChI is InChI=1S/C90H90N4O.Pt/c1-85(2,3)66-40-41-91-83(54-66)94-79-35-26-25-34-75(79)76-38-37-74(56-81(76)94)95-73-33-27-32-72(55-73)92-57-93(80-39-36-60(49-82(80)92)63-45-67(86(4,5)6)50-68(46-63)87(7,8)9)84-77(64-43-61(58-28-21-19-22-29-58)42-62(44-64)59-30-23-20-24-31-59)52-71(90(16,17)18)53-78(84)65-47-69(88(10,11)12)51-70(48-65)89(13,14)15;/h19-54H,1-18H3;/q-2;/i19D,20D,21D,22D,23D,24D,28D,29D,30D,31D,42D,43D,44D;. The molecule has 5 nitrogen and oxygen atoms in total. The molecule has 0 aliphatic rings. The van der Waals surface area contributed by atoms with E-state index in [4.69, 9.17) is 17.9 Å². The Morgan fingerprint density at radius 2 is 0.917 bits per heavy atom. The van der Waals surface area contributed by atoms with E-state index < -0.39 is 117 Å². The van der Waals surface area contributed by atoms with Crippen molar-refractivity contribution in [1.82, 2.24) is 14.1 Å². The Morgan fingerprint density at radius 3 is 1.48 bits per heavy atom. The predicted octanol–water partition coefficient (Wildman–Crippen LogP) is 23.7. The summed E-state index contributed by atoms with van der Waals surface area (Å²) in [5, 5.41) is 1.99. The van der Waals surface area contributed by atoms with Gasteiger partial charge in [-0.1, -0.05) is 269 Å². The first-order valence-electron chi connectivity index (χ1n) is 39.2. The number of fused-ring (bicyclic) bond motifs is 4. The molecule has 0 aliphatic heterocycles. The van der Waals surface area contributed by atoms with E-state index in [0.29, 0.717) is 39.5 Å². The smallest absolute Gasteiger partial charge is 0.268 e. The summed E-state index contributed by atoms with van der Waals surface area (Å²) in [5.74, 6) is 1.51. The molecule has 0 saturated heterocycles. The van der Waals surface area contributed by atoms with E-state index >= 15 is 0 Å². The number of hydrogen-bond donors (Lipinski definition) is 0. The van der Waals surface area contributed by atoms with E-state index in [9.17, 15) is 9.60 Å². The van der Waals surface area contributed by atoms with Gasteiger partial charge in [-0.2, -0.15) is 18.2 Å². The molecule has 0 unspecified atom stereocenters. The van der Waals surface area contributed by atoms with Crippen LogP contribution in [0.4, 0.5) is 0 Å². The number of para-hydroxylation sites is 1. The van der Waals surface area contributed by atoms with Gasteiger partial charge in [-0.05, 0) is 175 Å². The second-order valence-electron chi connectivity index (χ2n) is 31.3. The third kappa shape index (κ3) is 13.4. The Morgan fingerprint density at radius 1 is 0.406 bits per heavy atom. The average Bonchev–Trinajstić information content (AvgIpc) is 1.67. The molecule has 0 saturated carbocycles. The SMILES string of the molecule is [2H]c1c([2H])c([2H])c(-c2c([2H])c(-c3cc(C(C)(C)C)cc(-c4cc(C(C)(C)C)cc(C(C)(C)C)c4)c3-[n+]3[c-]n(-c4[c-]c(Oc5[c-]c6c(cc5)c5ccccc5n6-c5cc(C(C)(C)C)ccn5)ccc4)c4cc(-c5cc(C(C)(C)C)cc(C(C)(C)C)c5)ccc43)c([2H])c(-c3c([2H])c([2H])c([2H])c([2H])c3[2H])c2[2H])c([2H])c1[2H].[Pt]. The van der Waals surface area contributed by atoms with E-state index in [1.807, 2.05) is 96.8 Å². The van der Waals surface area contributed by atoms with Crippen molar-refractivity contribution in [3.8, 4) is 84.3 Å². The maximum atomic E-state index is 10.8. The van der Waals surface area contributed by atoms with E-state index in [0.717, 1.165) is 77.7 Å². The first-order valence-corrected chi connectivity index (χ1v) is 32.7. The Balaban J connectivity index is 0.0000111. The zero-order chi connectivity index (χ0) is 78.6. The van der Waals surface area contributed by atoms with Gasteiger partial charge < -0.3 is 13.9 Å². The number of pyridine rings is 1. The molecule has 0 spiro atoms. The summed E-state index contributed by atoms with van der Waals surface area (Å²) in [6.07, 6.45) is 5.69. The third-order valence-electron chi connectivity index (χ3n) is 18.0. The van der Waals surface area contributed by atoms with Crippen molar-refractivity contribution in [1.29, 1.82) is 0 Å². The molecule has 3 aromatic heterocycles. The van der Waals surface area contributed by atoms with Crippen LogP contribution in [0, 0.1) is 18.5 Å². The zero-order valence-electron chi connectivity index (χ0n) is 71.3. The second kappa shape index (κ2) is 25.0. The van der Waals surface area contributed by atoms with Crippen LogP contribution in [0.25, 0.3) is 106 Å². The minimum absolute atomic E-state index is 0. The fraction of sp³-hybridized carbons (Fsp3) is 0.267. The Labute approximate surface area is 603 Å². The number of imidazole rings is 1. The minimum atomic E-state index is -0.751. The van der Waals surface area contributed by atoms with Crippen LogP contribution in [0.1, 0.15) is 176 Å². The van der Waals surface area contributed by atoms with Crippen molar-refractivity contribution < 1.29 is 48.2 Å². The predicted molar refractivity (Wildman–Crippen MR) is 399 cm³/mol. The van der Waals surface area contributed by atoms with Gasteiger partial charge in [0.2, 0.25) is 0 Å². The number of hydrogen-bond acceptors (Lipinski definition) is 2. The van der Waals surface area contributed by atoms with E-state index in [1.165, 1.54) is 0 Å². The molecule has 10 aromatic carbocycles. The Kier molecular flexibility index (Phi) is 13.6. The first-order chi connectivity index (χ1) is 50.3. The molecule has 13 aromatic rings. The van der Waals surface area contributed by atoms with Gasteiger partial charge in [0, 0.05) is 44.3 Å². The fourth-order valence-corrected chi connectivity index (χ4v) is 12.2. The molecule has 0 N–H and O–H groups in total. The van der Waals surface area contributed by atoms with Crippen molar-refractivity contribution in [3.63, 3.8) is 0 Å². The number of nitrogens with zero attached hydrogens (tertiary/aromatic N) is 4. The molecule has 0 aliphatic carbocycles. The summed E-state index contributed by atoms with van der Waals surface area (Å²) in [6, 6.07) is 43.4. The number of aromatic nitrogens is 4. The van der Waals surface area contributed by atoms with E-state index in [1.54, 1.807) is 0 Å². The molecule has 96 heavy (non-hydrogen) atoms. The monoisotopic (exact) mass is 1450 g/mol. The van der Waals surface area contributed by atoms with Gasteiger partial charge in [0.25, 0.3) is 6.33 Å². The molecule has 6 heteroatoms. The van der Waals surface area contributed by atoms with Crippen LogP contribution in [-0.4, -0.2) is 14.1 Å². The number of benzene rings is 10. The van der Waals surface area contributed by atoms with Gasteiger partial charge in [0.1, 0.15) is 5.82 Å². The molecular formula is C90H90N4OPt-2. The largest absolute Gasteiger partial charge is 0.510 e. The first kappa shape index (κ1) is 52.3. The van der Waals surface area contributed by atoms with Crippen LogP contribution in [0.3, 0.4) is 0 Å². The van der Waals surface area contributed by atoms with E-state index in [-0.39, 0.29) is 48.4 Å². The van der Waals surface area contributed by atoms with Gasteiger partial charge in [-0.15, -0.1) is 29.7 Å². The average molecular weight is 1450 g/mol. The van der Waals surface area contributed by atoms with Crippen LogP contribution in [0.2, 0.25) is 0 Å². The summed E-state index contributed by atoms with van der Waals surface area (Å²) in [4.78, 5) is 4.92. The minimum Gasteiger partial charge on any atom is -0.510 e. The van der Waals surface area contributed by atoms with Gasteiger partial charge in [0.15, 0.2) is 0 Å². The van der Waals surface area contributed by atoms with E-state index in [2.05, 4.69) is 200 Å². The van der Waals surface area contributed by atoms with Gasteiger partial charge in [0.05, 0.1) is 34.5 Å². The molecule has 0 bridgehead atoms. The Hall–Kier alpha value is -8.89. The summed E-state index contributed by atoms with van der Waals surface area (Å²) < 4.78 is 136. The zero-order valence-corrected chi connectivity index (χ0v) is 60.6. The molecule has 488 valence electrons. The molecule has 0 fully saturated rings. The second-order valence-corrected chi connectivity index (χ2v) is 31.3. The summed E-state index contributed by atoms with van der Waals surface area (Å²) in [5.41, 5.74) is 8.89. The molecule has 13 rings (SSSR count). The normalized spacial score (nSPS) is 14.5. The third-order valence-corrected chi connectivity index (χ3v) is 18.0. The van der Waals surface area contributed by atoms with Crippen LogP contribution in [-0.2, 0) is 53.6 Å². The number of rotatable bonds is 10. The summed E-state index contributed by atoms with van der Waals surface area (Å²) in [7, 11) is 0. The van der Waals surface area contributed by atoms with Crippen LogP contribution in [0.15, 0.2) is 218 Å². The topological polar surface area (TPSA) is 35.9 Å². The van der Waals surface area contributed by atoms with Crippen molar-refractivity contribution in [2.24, 2.45) is 0 Å². The quantitative estimate of drug-likeness (QED) is 0.101. The maximum Gasteiger partial charge on any atom is 0.268 e. The molecule has 0 atom stereocenters. The van der Waals surface area contributed by atoms with Crippen molar-refractivity contribution in [2.45, 2.75) is 157 Å². The summed E-state index contributed by atoms with van der Waals surface area (Å²) in [6.45, 7) is 38.8. The fourth-order valence-electron chi connectivity index (χ4n) is 12.2. The Bertz CT molecular complexity index is 5690. The van der Waals surface area contributed by atoms with Gasteiger partial charge in [-0.25, -0.2) is 4.98 Å². The number of ether oxygens (including phenoxy) is 1. The van der Waals surface area contributed by atoms with Gasteiger partial charge >= 0.3 is 0 Å². The molecule has 3 heterocycles. The van der Waals surface area contributed by atoms with Crippen LogP contribution in [0.5, 0.6) is 11.5 Å². The molecule has 0 radical (unpaired) electrons. The van der Waals surface area contributed by atoms with Crippen LogP contribution >= 0.6 is 0 Å². The molecular weight excluding hydrogens is 1350 g/mol. The van der Waals surface area contributed by atoms with Crippen molar-refractivity contribution in [2.75, 3.05) is 0 Å². The van der Waals surface area contributed by atoms with Crippen LogP contribution < -0.4 is 9.30 Å². The molecule has 0 amide bonds. The van der Waals surface area contributed by atoms with Crippen molar-refractivity contribution in [3.05, 3.63) is 270 Å². The summed E-state index contributed by atoms with van der Waals surface area (Å²) >= 11 is 0.